The molecule has 100 valence electrons. The summed E-state index contributed by atoms with van der Waals surface area (Å²) in [4.78, 5) is 17.1. The third-order valence-corrected chi connectivity index (χ3v) is 2.60. The van der Waals surface area contributed by atoms with Crippen molar-refractivity contribution in [2.75, 3.05) is 27.7 Å². The van der Waals surface area contributed by atoms with Crippen molar-refractivity contribution in [3.8, 4) is 5.88 Å². The minimum atomic E-state index is 0.163. The summed E-state index contributed by atoms with van der Waals surface area (Å²) in [5.41, 5.74) is 1.03. The quantitative estimate of drug-likeness (QED) is 0.736. The third kappa shape index (κ3) is 4.71. The lowest BCUT2D eigenvalue weighted by Crippen LogP contribution is -2.23. The monoisotopic (exact) mass is 251 g/mol. The standard InChI is InChI=1S/C13H21N3O2/c1-16(2)12(17)7-5-8-14-10-11-6-4-9-15-13(11)18-3/h4,6,9,14H,5,7-8,10H2,1-3H3. The van der Waals surface area contributed by atoms with Gasteiger partial charge in [-0.3, -0.25) is 4.79 Å². The minimum absolute atomic E-state index is 0.163. The predicted octanol–water partition coefficient (Wildman–Crippen LogP) is 1.05. The van der Waals surface area contributed by atoms with Gasteiger partial charge in [0.15, 0.2) is 0 Å². The van der Waals surface area contributed by atoms with Crippen LogP contribution >= 0.6 is 0 Å². The Balaban J connectivity index is 2.24. The zero-order valence-corrected chi connectivity index (χ0v) is 11.3. The molecule has 1 N–H and O–H groups in total. The number of methoxy groups -OCH3 is 1. The van der Waals surface area contributed by atoms with Crippen molar-refractivity contribution in [1.29, 1.82) is 0 Å². The van der Waals surface area contributed by atoms with E-state index in [0.717, 1.165) is 18.5 Å². The van der Waals surface area contributed by atoms with Crippen molar-refractivity contribution in [2.45, 2.75) is 19.4 Å². The summed E-state index contributed by atoms with van der Waals surface area (Å²) in [7, 11) is 5.16. The molecule has 0 bridgehead atoms. The number of rotatable bonds is 7. The van der Waals surface area contributed by atoms with Crippen molar-refractivity contribution < 1.29 is 9.53 Å². The number of aromatic nitrogens is 1. The molecule has 18 heavy (non-hydrogen) atoms. The van der Waals surface area contributed by atoms with Crippen molar-refractivity contribution in [2.24, 2.45) is 0 Å². The Kier molecular flexibility index (Phi) is 6.14. The van der Waals surface area contributed by atoms with Gasteiger partial charge in [-0.25, -0.2) is 4.98 Å². The average Bonchev–Trinajstić information content (AvgIpc) is 2.38. The number of hydrogen-bond donors (Lipinski definition) is 1. The molecule has 0 saturated carbocycles. The second kappa shape index (κ2) is 7.66. The first-order valence-corrected chi connectivity index (χ1v) is 6.04. The fourth-order valence-corrected chi connectivity index (χ4v) is 1.55. The van der Waals surface area contributed by atoms with Gasteiger partial charge in [-0.05, 0) is 19.0 Å². The maximum Gasteiger partial charge on any atom is 0.222 e. The Morgan fingerprint density at radius 1 is 1.50 bits per heavy atom. The van der Waals surface area contributed by atoms with E-state index in [4.69, 9.17) is 4.74 Å². The van der Waals surface area contributed by atoms with E-state index in [1.807, 2.05) is 12.1 Å². The zero-order chi connectivity index (χ0) is 13.4. The van der Waals surface area contributed by atoms with Gasteiger partial charge in [0, 0.05) is 38.8 Å². The highest BCUT2D eigenvalue weighted by Gasteiger charge is 2.04. The largest absolute Gasteiger partial charge is 0.481 e. The summed E-state index contributed by atoms with van der Waals surface area (Å²) in [5, 5.41) is 3.28. The number of pyridine rings is 1. The number of hydrogen-bond acceptors (Lipinski definition) is 4. The minimum Gasteiger partial charge on any atom is -0.481 e. The molecular formula is C13H21N3O2. The van der Waals surface area contributed by atoms with E-state index < -0.39 is 0 Å². The third-order valence-electron chi connectivity index (χ3n) is 2.60. The summed E-state index contributed by atoms with van der Waals surface area (Å²) >= 11 is 0. The Hall–Kier alpha value is -1.62. The van der Waals surface area contributed by atoms with Crippen LogP contribution in [0.15, 0.2) is 18.3 Å². The van der Waals surface area contributed by atoms with Crippen LogP contribution in [-0.2, 0) is 11.3 Å². The molecule has 0 radical (unpaired) electrons. The molecule has 1 rings (SSSR count). The first-order valence-electron chi connectivity index (χ1n) is 6.04. The molecule has 0 saturated heterocycles. The molecule has 0 aliphatic rings. The van der Waals surface area contributed by atoms with Gasteiger partial charge in [0.2, 0.25) is 11.8 Å². The van der Waals surface area contributed by atoms with E-state index in [1.54, 1.807) is 32.3 Å². The number of amides is 1. The molecule has 5 nitrogen and oxygen atoms in total. The van der Waals surface area contributed by atoms with E-state index in [1.165, 1.54) is 0 Å². The Bertz CT molecular complexity index is 380. The highest BCUT2D eigenvalue weighted by atomic mass is 16.5. The highest BCUT2D eigenvalue weighted by molar-refractivity contribution is 5.75. The average molecular weight is 251 g/mol. The summed E-state index contributed by atoms with van der Waals surface area (Å²) in [6.07, 6.45) is 3.11. The molecule has 0 fully saturated rings. The Morgan fingerprint density at radius 3 is 2.94 bits per heavy atom. The second-order valence-electron chi connectivity index (χ2n) is 4.24. The van der Waals surface area contributed by atoms with Crippen LogP contribution in [0.4, 0.5) is 0 Å². The molecule has 0 atom stereocenters. The smallest absolute Gasteiger partial charge is 0.222 e. The molecule has 0 aliphatic heterocycles. The van der Waals surface area contributed by atoms with Gasteiger partial charge in [-0.1, -0.05) is 6.07 Å². The van der Waals surface area contributed by atoms with E-state index >= 15 is 0 Å². The molecule has 0 aromatic carbocycles. The SMILES string of the molecule is COc1ncccc1CNCCCC(=O)N(C)C. The van der Waals surface area contributed by atoms with Crippen molar-refractivity contribution in [3.05, 3.63) is 23.9 Å². The van der Waals surface area contributed by atoms with Gasteiger partial charge in [0.05, 0.1) is 7.11 Å². The van der Waals surface area contributed by atoms with Gasteiger partial charge >= 0.3 is 0 Å². The van der Waals surface area contributed by atoms with Crippen LogP contribution in [0.1, 0.15) is 18.4 Å². The lowest BCUT2D eigenvalue weighted by atomic mass is 10.2. The van der Waals surface area contributed by atoms with Crippen molar-refractivity contribution in [3.63, 3.8) is 0 Å². The number of carbonyl (C=O) groups is 1. The molecule has 0 aliphatic carbocycles. The van der Waals surface area contributed by atoms with Gasteiger partial charge in [-0.15, -0.1) is 0 Å². The van der Waals surface area contributed by atoms with Gasteiger partial charge < -0.3 is 15.0 Å². The maximum atomic E-state index is 11.3. The summed E-state index contributed by atoms with van der Waals surface area (Å²) in [6, 6.07) is 3.86. The van der Waals surface area contributed by atoms with Crippen molar-refractivity contribution >= 4 is 5.91 Å². The first-order chi connectivity index (χ1) is 8.65. The molecule has 1 aromatic heterocycles. The van der Waals surface area contributed by atoms with E-state index in [-0.39, 0.29) is 5.91 Å². The van der Waals surface area contributed by atoms with Crippen LogP contribution in [0.5, 0.6) is 5.88 Å². The summed E-state index contributed by atoms with van der Waals surface area (Å²) in [5.74, 6) is 0.810. The van der Waals surface area contributed by atoms with Gasteiger partial charge in [-0.2, -0.15) is 0 Å². The summed E-state index contributed by atoms with van der Waals surface area (Å²) in [6.45, 7) is 1.50. The Labute approximate surface area is 108 Å². The fourth-order valence-electron chi connectivity index (χ4n) is 1.55. The van der Waals surface area contributed by atoms with Crippen LogP contribution in [0.3, 0.4) is 0 Å². The van der Waals surface area contributed by atoms with E-state index in [9.17, 15) is 4.79 Å². The predicted molar refractivity (Wildman–Crippen MR) is 70.4 cm³/mol. The molecule has 5 heteroatoms. The molecule has 0 spiro atoms. The van der Waals surface area contributed by atoms with Gasteiger partial charge in [0.1, 0.15) is 0 Å². The van der Waals surface area contributed by atoms with Crippen LogP contribution in [0.2, 0.25) is 0 Å². The normalized spacial score (nSPS) is 10.2. The number of ether oxygens (including phenoxy) is 1. The van der Waals surface area contributed by atoms with E-state index in [0.29, 0.717) is 18.8 Å². The fraction of sp³-hybridized carbons (Fsp3) is 0.538. The number of nitrogens with one attached hydrogen (secondary N) is 1. The maximum absolute atomic E-state index is 11.3. The number of carbonyl (C=O) groups excluding carboxylic acids is 1. The van der Waals surface area contributed by atoms with Gasteiger partial charge in [0.25, 0.3) is 0 Å². The summed E-state index contributed by atoms with van der Waals surface area (Å²) < 4.78 is 5.16. The van der Waals surface area contributed by atoms with Crippen LogP contribution in [0.25, 0.3) is 0 Å². The topological polar surface area (TPSA) is 54.5 Å². The molecule has 1 aromatic rings. The molecule has 0 unspecified atom stereocenters. The van der Waals surface area contributed by atoms with Crippen LogP contribution in [-0.4, -0.2) is 43.5 Å². The lowest BCUT2D eigenvalue weighted by molar-refractivity contribution is -0.128. The Morgan fingerprint density at radius 2 is 2.28 bits per heavy atom. The second-order valence-corrected chi connectivity index (χ2v) is 4.24. The highest BCUT2D eigenvalue weighted by Crippen LogP contribution is 2.12. The van der Waals surface area contributed by atoms with Crippen molar-refractivity contribution in [1.82, 2.24) is 15.2 Å². The van der Waals surface area contributed by atoms with Crippen LogP contribution < -0.4 is 10.1 Å². The van der Waals surface area contributed by atoms with E-state index in [2.05, 4.69) is 10.3 Å². The van der Waals surface area contributed by atoms with Crippen LogP contribution in [0, 0.1) is 0 Å². The first kappa shape index (κ1) is 14.4. The lowest BCUT2D eigenvalue weighted by Gasteiger charge is -2.10. The zero-order valence-electron chi connectivity index (χ0n) is 11.3. The molecule has 1 amide bonds. The molecule has 1 heterocycles. The number of nitrogens with zero attached hydrogens (tertiary/aromatic N) is 2. The molecular weight excluding hydrogens is 230 g/mol.